The lowest BCUT2D eigenvalue weighted by atomic mass is 9.94. The number of likely N-dealkylation sites (tertiary alicyclic amines) is 2. The van der Waals surface area contributed by atoms with Crippen LogP contribution >= 0.6 is 0 Å². The Labute approximate surface area is 136 Å². The van der Waals surface area contributed by atoms with Crippen LogP contribution in [0.25, 0.3) is 0 Å². The second kappa shape index (κ2) is 8.30. The van der Waals surface area contributed by atoms with Gasteiger partial charge < -0.3 is 14.5 Å². The molecule has 2 fully saturated rings. The molecule has 22 heavy (non-hydrogen) atoms. The van der Waals surface area contributed by atoms with Gasteiger partial charge in [0.2, 0.25) is 5.91 Å². The van der Waals surface area contributed by atoms with E-state index in [-0.39, 0.29) is 5.92 Å². The molecule has 2 aliphatic heterocycles. The highest BCUT2D eigenvalue weighted by molar-refractivity contribution is 5.78. The van der Waals surface area contributed by atoms with Gasteiger partial charge in [-0.05, 0) is 45.4 Å². The monoisotopic (exact) mass is 310 g/mol. The highest BCUT2D eigenvalue weighted by Crippen LogP contribution is 2.22. The van der Waals surface area contributed by atoms with E-state index in [1.807, 2.05) is 13.8 Å². The Balaban J connectivity index is 1.66. The number of nitrogens with zero attached hydrogens (tertiary/aromatic N) is 2. The van der Waals surface area contributed by atoms with Crippen LogP contribution in [0.5, 0.6) is 0 Å². The molecule has 2 heterocycles. The quantitative estimate of drug-likeness (QED) is 0.783. The molecule has 4 nitrogen and oxygen atoms in total. The number of carbonyl (C=O) groups is 1. The topological polar surface area (TPSA) is 32.8 Å². The van der Waals surface area contributed by atoms with Gasteiger partial charge in [-0.15, -0.1) is 0 Å². The number of rotatable bonds is 5. The second-order valence-corrected chi connectivity index (χ2v) is 7.61. The van der Waals surface area contributed by atoms with Crippen LogP contribution in [0.4, 0.5) is 0 Å². The van der Waals surface area contributed by atoms with Crippen LogP contribution in [0.2, 0.25) is 0 Å². The van der Waals surface area contributed by atoms with Crippen molar-refractivity contribution in [3.8, 4) is 0 Å². The van der Waals surface area contributed by atoms with Crippen LogP contribution < -0.4 is 0 Å². The van der Waals surface area contributed by atoms with Gasteiger partial charge in [0, 0.05) is 38.6 Å². The summed E-state index contributed by atoms with van der Waals surface area (Å²) in [4.78, 5) is 16.7. The lowest BCUT2D eigenvalue weighted by Crippen LogP contribution is -2.45. The molecule has 0 saturated carbocycles. The number of ether oxygens (including phenoxy) is 1. The Kier molecular flexibility index (Phi) is 6.69. The summed E-state index contributed by atoms with van der Waals surface area (Å²) in [5.41, 5.74) is 0. The van der Waals surface area contributed by atoms with Gasteiger partial charge >= 0.3 is 0 Å². The van der Waals surface area contributed by atoms with E-state index in [1.54, 1.807) is 0 Å². The van der Waals surface area contributed by atoms with Crippen LogP contribution in [-0.4, -0.2) is 60.6 Å². The standard InChI is InChI=1S/C18H34N2O2/c1-14(2)18(21)20-11-5-16(6-12-20)13-19-9-7-17(8-10-19)22-15(3)4/h14-17H,5-13H2,1-4H3. The molecule has 0 aromatic carbocycles. The van der Waals surface area contributed by atoms with Crippen LogP contribution in [0.15, 0.2) is 0 Å². The summed E-state index contributed by atoms with van der Waals surface area (Å²) in [6.45, 7) is 13.7. The molecule has 1 amide bonds. The Morgan fingerprint density at radius 2 is 1.59 bits per heavy atom. The molecule has 4 heteroatoms. The molecule has 0 aliphatic carbocycles. The molecule has 0 unspecified atom stereocenters. The fourth-order valence-electron chi connectivity index (χ4n) is 3.68. The zero-order chi connectivity index (χ0) is 16.1. The van der Waals surface area contributed by atoms with Crippen molar-refractivity contribution in [2.24, 2.45) is 11.8 Å². The maximum Gasteiger partial charge on any atom is 0.225 e. The highest BCUT2D eigenvalue weighted by Gasteiger charge is 2.27. The van der Waals surface area contributed by atoms with E-state index in [4.69, 9.17) is 4.74 Å². The molecule has 2 aliphatic rings. The van der Waals surface area contributed by atoms with E-state index >= 15 is 0 Å². The predicted octanol–water partition coefficient (Wildman–Crippen LogP) is 2.77. The maximum atomic E-state index is 12.0. The zero-order valence-corrected chi connectivity index (χ0v) is 14.9. The molecular formula is C18H34N2O2. The Morgan fingerprint density at radius 1 is 1.00 bits per heavy atom. The molecular weight excluding hydrogens is 276 g/mol. The highest BCUT2D eigenvalue weighted by atomic mass is 16.5. The summed E-state index contributed by atoms with van der Waals surface area (Å²) in [5.74, 6) is 1.22. The van der Waals surface area contributed by atoms with Crippen molar-refractivity contribution in [2.45, 2.75) is 65.6 Å². The fraction of sp³-hybridized carbons (Fsp3) is 0.944. The van der Waals surface area contributed by atoms with Crippen molar-refractivity contribution >= 4 is 5.91 Å². The zero-order valence-electron chi connectivity index (χ0n) is 14.9. The first-order valence-corrected chi connectivity index (χ1v) is 9.12. The predicted molar refractivity (Wildman–Crippen MR) is 89.8 cm³/mol. The van der Waals surface area contributed by atoms with E-state index in [0.717, 1.165) is 19.0 Å². The number of amides is 1. The molecule has 0 bridgehead atoms. The summed E-state index contributed by atoms with van der Waals surface area (Å²) in [6, 6.07) is 0. The largest absolute Gasteiger partial charge is 0.375 e. The van der Waals surface area contributed by atoms with Gasteiger partial charge in [-0.25, -0.2) is 0 Å². The van der Waals surface area contributed by atoms with Crippen LogP contribution in [0.3, 0.4) is 0 Å². The average molecular weight is 310 g/mol. The first-order valence-electron chi connectivity index (χ1n) is 9.12. The van der Waals surface area contributed by atoms with Crippen molar-refractivity contribution in [1.29, 1.82) is 0 Å². The lowest BCUT2D eigenvalue weighted by Gasteiger charge is -2.38. The Hall–Kier alpha value is -0.610. The van der Waals surface area contributed by atoms with Crippen molar-refractivity contribution in [2.75, 3.05) is 32.7 Å². The van der Waals surface area contributed by atoms with E-state index in [9.17, 15) is 4.79 Å². The maximum absolute atomic E-state index is 12.0. The third-order valence-electron chi connectivity index (χ3n) is 4.94. The number of hydrogen-bond donors (Lipinski definition) is 0. The fourth-order valence-corrected chi connectivity index (χ4v) is 3.68. The average Bonchev–Trinajstić information content (AvgIpc) is 2.49. The molecule has 128 valence electrons. The Bertz CT molecular complexity index is 341. The first-order chi connectivity index (χ1) is 10.5. The Morgan fingerprint density at radius 3 is 2.09 bits per heavy atom. The number of piperidine rings is 2. The van der Waals surface area contributed by atoms with Crippen LogP contribution in [0.1, 0.15) is 53.4 Å². The molecule has 0 atom stereocenters. The summed E-state index contributed by atoms with van der Waals surface area (Å²) in [5, 5.41) is 0. The van der Waals surface area contributed by atoms with Gasteiger partial charge in [0.1, 0.15) is 0 Å². The van der Waals surface area contributed by atoms with Crippen LogP contribution in [-0.2, 0) is 9.53 Å². The molecule has 2 saturated heterocycles. The van der Waals surface area contributed by atoms with Crippen molar-refractivity contribution in [1.82, 2.24) is 9.80 Å². The van der Waals surface area contributed by atoms with E-state index in [1.165, 1.54) is 45.3 Å². The van der Waals surface area contributed by atoms with Crippen molar-refractivity contribution in [3.05, 3.63) is 0 Å². The minimum atomic E-state index is 0.136. The summed E-state index contributed by atoms with van der Waals surface area (Å²) in [6.07, 6.45) is 5.48. The summed E-state index contributed by atoms with van der Waals surface area (Å²) >= 11 is 0. The smallest absolute Gasteiger partial charge is 0.225 e. The van der Waals surface area contributed by atoms with Crippen molar-refractivity contribution < 1.29 is 9.53 Å². The van der Waals surface area contributed by atoms with Gasteiger partial charge in [-0.3, -0.25) is 4.79 Å². The minimum Gasteiger partial charge on any atom is -0.375 e. The SMILES string of the molecule is CC(C)OC1CCN(CC2CCN(C(=O)C(C)C)CC2)CC1. The first kappa shape index (κ1) is 17.7. The van der Waals surface area contributed by atoms with Crippen molar-refractivity contribution in [3.63, 3.8) is 0 Å². The summed E-state index contributed by atoms with van der Waals surface area (Å²) < 4.78 is 5.92. The van der Waals surface area contributed by atoms with E-state index in [2.05, 4.69) is 23.6 Å². The number of hydrogen-bond acceptors (Lipinski definition) is 3. The van der Waals surface area contributed by atoms with Gasteiger partial charge in [-0.2, -0.15) is 0 Å². The van der Waals surface area contributed by atoms with E-state index in [0.29, 0.717) is 18.1 Å². The van der Waals surface area contributed by atoms with Crippen LogP contribution in [0, 0.1) is 11.8 Å². The normalized spacial score (nSPS) is 22.7. The minimum absolute atomic E-state index is 0.136. The number of carbonyl (C=O) groups excluding carboxylic acids is 1. The second-order valence-electron chi connectivity index (χ2n) is 7.61. The van der Waals surface area contributed by atoms with E-state index < -0.39 is 0 Å². The summed E-state index contributed by atoms with van der Waals surface area (Å²) in [7, 11) is 0. The third-order valence-corrected chi connectivity index (χ3v) is 4.94. The molecule has 0 spiro atoms. The molecule has 2 rings (SSSR count). The lowest BCUT2D eigenvalue weighted by molar-refractivity contribution is -0.136. The molecule has 0 aromatic heterocycles. The van der Waals surface area contributed by atoms with Gasteiger partial charge in [0.15, 0.2) is 0 Å². The molecule has 0 N–H and O–H groups in total. The molecule has 0 aromatic rings. The van der Waals surface area contributed by atoms with Gasteiger partial charge in [0.25, 0.3) is 0 Å². The molecule has 0 radical (unpaired) electrons. The third kappa shape index (κ3) is 5.24. The van der Waals surface area contributed by atoms with Gasteiger partial charge in [0.05, 0.1) is 12.2 Å². The van der Waals surface area contributed by atoms with Gasteiger partial charge in [-0.1, -0.05) is 13.8 Å².